The van der Waals surface area contributed by atoms with Crippen molar-refractivity contribution in [1.29, 1.82) is 0 Å². The second-order valence-electron chi connectivity index (χ2n) is 3.95. The van der Waals surface area contributed by atoms with Crippen molar-refractivity contribution >= 4 is 23.4 Å². The Kier molecular flexibility index (Phi) is 4.39. The van der Waals surface area contributed by atoms with E-state index in [2.05, 4.69) is 10.3 Å². The lowest BCUT2D eigenvalue weighted by Gasteiger charge is -2.06. The Bertz CT molecular complexity index is 706. The van der Waals surface area contributed by atoms with Crippen LogP contribution in [0.2, 0.25) is 0 Å². The van der Waals surface area contributed by atoms with Crippen molar-refractivity contribution in [3.8, 4) is 5.75 Å². The van der Waals surface area contributed by atoms with Crippen molar-refractivity contribution in [2.45, 2.75) is 9.92 Å². The number of nitro groups is 1. The van der Waals surface area contributed by atoms with Crippen molar-refractivity contribution in [2.75, 3.05) is 7.05 Å². The van der Waals surface area contributed by atoms with E-state index in [9.17, 15) is 20.0 Å². The molecule has 0 aliphatic rings. The quantitative estimate of drug-likeness (QED) is 0.662. The van der Waals surface area contributed by atoms with Crippen LogP contribution in [0.1, 0.15) is 10.4 Å². The van der Waals surface area contributed by atoms with E-state index in [-0.39, 0.29) is 22.4 Å². The van der Waals surface area contributed by atoms with Crippen LogP contribution in [0.15, 0.2) is 46.5 Å². The number of amides is 1. The van der Waals surface area contributed by atoms with Crippen LogP contribution in [0.3, 0.4) is 0 Å². The molecule has 1 aromatic carbocycles. The van der Waals surface area contributed by atoms with Gasteiger partial charge < -0.3 is 10.4 Å². The molecule has 0 aliphatic carbocycles. The maximum absolute atomic E-state index is 11.4. The first-order valence-corrected chi connectivity index (χ1v) is 6.67. The number of carbonyl (C=O) groups excluding carboxylic acids is 1. The summed E-state index contributed by atoms with van der Waals surface area (Å²) in [6.07, 6.45) is 1.44. The Morgan fingerprint density at radius 3 is 2.81 bits per heavy atom. The van der Waals surface area contributed by atoms with Crippen LogP contribution < -0.4 is 5.32 Å². The monoisotopic (exact) mass is 305 g/mol. The summed E-state index contributed by atoms with van der Waals surface area (Å²) in [6.45, 7) is 0. The average Bonchev–Trinajstić information content (AvgIpc) is 2.48. The van der Waals surface area contributed by atoms with E-state index in [0.717, 1.165) is 11.8 Å². The molecule has 21 heavy (non-hydrogen) atoms. The molecule has 1 amide bonds. The molecule has 0 saturated carbocycles. The lowest BCUT2D eigenvalue weighted by Crippen LogP contribution is -2.17. The van der Waals surface area contributed by atoms with Crippen LogP contribution in [-0.2, 0) is 0 Å². The lowest BCUT2D eigenvalue weighted by molar-refractivity contribution is -0.388. The van der Waals surface area contributed by atoms with E-state index >= 15 is 0 Å². The largest absolute Gasteiger partial charge is 0.507 e. The van der Waals surface area contributed by atoms with Gasteiger partial charge in [0.15, 0.2) is 5.03 Å². The number of nitrogens with one attached hydrogen (secondary N) is 1. The predicted molar refractivity (Wildman–Crippen MR) is 76.5 cm³/mol. The van der Waals surface area contributed by atoms with Crippen molar-refractivity contribution in [2.24, 2.45) is 0 Å². The first kappa shape index (κ1) is 14.8. The third kappa shape index (κ3) is 3.29. The minimum Gasteiger partial charge on any atom is -0.507 e. The van der Waals surface area contributed by atoms with Gasteiger partial charge in [0, 0.05) is 24.9 Å². The summed E-state index contributed by atoms with van der Waals surface area (Å²) in [6, 6.07) is 7.15. The fourth-order valence-electron chi connectivity index (χ4n) is 1.59. The molecule has 0 saturated heterocycles. The Balaban J connectivity index is 2.33. The highest BCUT2D eigenvalue weighted by atomic mass is 32.2. The molecule has 1 heterocycles. The van der Waals surface area contributed by atoms with Crippen LogP contribution in [0.4, 0.5) is 5.69 Å². The summed E-state index contributed by atoms with van der Waals surface area (Å²) in [5.41, 5.74) is 0.159. The third-order valence-electron chi connectivity index (χ3n) is 2.60. The van der Waals surface area contributed by atoms with E-state index in [1.807, 2.05) is 0 Å². The molecule has 0 bridgehead atoms. The summed E-state index contributed by atoms with van der Waals surface area (Å²) in [5, 5.41) is 23.5. The number of hydrogen-bond donors (Lipinski definition) is 2. The van der Waals surface area contributed by atoms with Gasteiger partial charge >= 0.3 is 5.69 Å². The van der Waals surface area contributed by atoms with Gasteiger partial charge in [0.05, 0.1) is 9.82 Å². The van der Waals surface area contributed by atoms with Gasteiger partial charge in [0.25, 0.3) is 5.91 Å². The normalized spacial score (nSPS) is 10.1. The van der Waals surface area contributed by atoms with Gasteiger partial charge in [-0.05, 0) is 24.3 Å². The number of hydrogen-bond acceptors (Lipinski definition) is 6. The SMILES string of the molecule is CNC(=O)c1ccc(Sc2ncccc2[N+](=O)[O-])c(O)c1. The molecular formula is C13H11N3O4S. The third-order valence-corrected chi connectivity index (χ3v) is 3.68. The summed E-state index contributed by atoms with van der Waals surface area (Å²) in [7, 11) is 1.49. The van der Waals surface area contributed by atoms with Crippen molar-refractivity contribution < 1.29 is 14.8 Å². The highest BCUT2D eigenvalue weighted by Gasteiger charge is 2.17. The second kappa shape index (κ2) is 6.23. The Labute approximate surface area is 124 Å². The minimum absolute atomic E-state index is 0.138. The Morgan fingerprint density at radius 2 is 2.19 bits per heavy atom. The molecule has 1 aromatic heterocycles. The smallest absolute Gasteiger partial charge is 0.301 e. The fourth-order valence-corrected chi connectivity index (χ4v) is 2.46. The molecule has 0 unspecified atom stereocenters. The molecule has 0 spiro atoms. The summed E-state index contributed by atoms with van der Waals surface area (Å²) in [4.78, 5) is 26.1. The molecule has 2 N–H and O–H groups in total. The average molecular weight is 305 g/mol. The van der Waals surface area contributed by atoms with Crippen LogP contribution >= 0.6 is 11.8 Å². The number of phenolic OH excluding ortho intramolecular Hbond substituents is 1. The van der Waals surface area contributed by atoms with E-state index < -0.39 is 4.92 Å². The first-order valence-electron chi connectivity index (χ1n) is 5.85. The number of carbonyl (C=O) groups is 1. The van der Waals surface area contributed by atoms with Gasteiger partial charge in [-0.3, -0.25) is 14.9 Å². The number of phenols is 1. The highest BCUT2D eigenvalue weighted by Crippen LogP contribution is 2.37. The van der Waals surface area contributed by atoms with Crippen LogP contribution in [0.5, 0.6) is 5.75 Å². The second-order valence-corrected chi connectivity index (χ2v) is 4.98. The van der Waals surface area contributed by atoms with Crippen molar-refractivity contribution in [1.82, 2.24) is 10.3 Å². The maximum atomic E-state index is 11.4. The standard InChI is InChI=1S/C13H11N3O4S/c1-14-12(18)8-4-5-11(10(17)7-8)21-13-9(16(19)20)3-2-6-15-13/h2-7,17H,1H3,(H,14,18). The highest BCUT2D eigenvalue weighted by molar-refractivity contribution is 7.99. The molecular weight excluding hydrogens is 294 g/mol. The van der Waals surface area contributed by atoms with Gasteiger partial charge in [-0.2, -0.15) is 0 Å². The Morgan fingerprint density at radius 1 is 1.43 bits per heavy atom. The van der Waals surface area contributed by atoms with Crippen LogP contribution in [0, 0.1) is 10.1 Å². The topological polar surface area (TPSA) is 105 Å². The van der Waals surface area contributed by atoms with E-state index in [1.165, 1.54) is 43.6 Å². The Hall–Kier alpha value is -2.61. The number of aromatic hydroxyl groups is 1. The zero-order valence-electron chi connectivity index (χ0n) is 10.9. The number of nitrogens with zero attached hydrogens (tertiary/aromatic N) is 2. The molecule has 0 fully saturated rings. The minimum atomic E-state index is -0.536. The van der Waals surface area contributed by atoms with Gasteiger partial charge in [0.1, 0.15) is 5.75 Å². The summed E-state index contributed by atoms with van der Waals surface area (Å²) in [5.74, 6) is -0.466. The zero-order chi connectivity index (χ0) is 15.4. The first-order chi connectivity index (χ1) is 10.0. The fraction of sp³-hybridized carbons (Fsp3) is 0.0769. The van der Waals surface area contributed by atoms with Crippen molar-refractivity contribution in [3.63, 3.8) is 0 Å². The van der Waals surface area contributed by atoms with E-state index in [1.54, 1.807) is 0 Å². The summed E-state index contributed by atoms with van der Waals surface area (Å²) < 4.78 is 0. The van der Waals surface area contributed by atoms with Gasteiger partial charge in [0.2, 0.25) is 0 Å². The van der Waals surface area contributed by atoms with Gasteiger partial charge in [-0.15, -0.1) is 0 Å². The van der Waals surface area contributed by atoms with E-state index in [0.29, 0.717) is 10.5 Å². The number of rotatable bonds is 4. The number of benzene rings is 1. The molecule has 108 valence electrons. The van der Waals surface area contributed by atoms with Crippen molar-refractivity contribution in [3.05, 3.63) is 52.2 Å². The molecule has 0 aliphatic heterocycles. The molecule has 8 heteroatoms. The maximum Gasteiger partial charge on any atom is 0.301 e. The zero-order valence-corrected chi connectivity index (χ0v) is 11.8. The molecule has 0 radical (unpaired) electrons. The van der Waals surface area contributed by atoms with Crippen LogP contribution in [0.25, 0.3) is 0 Å². The van der Waals surface area contributed by atoms with Gasteiger partial charge in [-0.25, -0.2) is 4.98 Å². The van der Waals surface area contributed by atoms with Gasteiger partial charge in [-0.1, -0.05) is 11.8 Å². The van der Waals surface area contributed by atoms with Crippen LogP contribution in [-0.4, -0.2) is 28.0 Å². The lowest BCUT2D eigenvalue weighted by atomic mass is 10.2. The molecule has 0 atom stereocenters. The number of pyridine rings is 1. The molecule has 2 rings (SSSR count). The number of aromatic nitrogens is 1. The summed E-state index contributed by atoms with van der Waals surface area (Å²) >= 11 is 0.963. The molecule has 7 nitrogen and oxygen atoms in total. The molecule has 2 aromatic rings. The van der Waals surface area contributed by atoms with E-state index in [4.69, 9.17) is 0 Å². The predicted octanol–water partition coefficient (Wildman–Crippen LogP) is 2.21.